The monoisotopic (exact) mass is 284 g/mol. The highest BCUT2D eigenvalue weighted by Gasteiger charge is 2.45. The smallest absolute Gasteiger partial charge is 0.134 e. The van der Waals surface area contributed by atoms with E-state index >= 15 is 0 Å². The zero-order valence-corrected chi connectivity index (χ0v) is 11.8. The summed E-state index contributed by atoms with van der Waals surface area (Å²) in [5.74, 6) is 0.176. The molecule has 1 saturated heterocycles. The Balaban J connectivity index is 1.63. The van der Waals surface area contributed by atoms with Crippen LogP contribution in [0.1, 0.15) is 25.7 Å². The average Bonchev–Trinajstić information content (AvgIpc) is 2.46. The molecule has 108 valence electrons. The molecule has 0 N–H and O–H groups in total. The van der Waals surface area contributed by atoms with Crippen LogP contribution in [-0.4, -0.2) is 23.9 Å². The fraction of sp³-hybridized carbons (Fsp3) is 0.412. The number of Topliss-reactive ketones (excluding diaryl/α,β-unsaturated/α-hetero) is 1. The predicted octanol–water partition coefficient (Wildman–Crippen LogP) is 3.32. The van der Waals surface area contributed by atoms with Gasteiger partial charge in [0.25, 0.3) is 0 Å². The average molecular weight is 284 g/mol. The Labute approximate surface area is 122 Å². The molecule has 1 spiro atoms. The molecule has 0 bridgehead atoms. The number of anilines is 1. The zero-order chi connectivity index (χ0) is 14.4. The summed E-state index contributed by atoms with van der Waals surface area (Å²) < 4.78 is 13.5. The minimum atomic E-state index is -0.227. The molecule has 1 saturated carbocycles. The number of hydrogen-bond donors (Lipinski definition) is 0. The van der Waals surface area contributed by atoms with Gasteiger partial charge in [0.2, 0.25) is 0 Å². The van der Waals surface area contributed by atoms with Crippen molar-refractivity contribution in [1.82, 2.24) is 4.98 Å². The summed E-state index contributed by atoms with van der Waals surface area (Å²) in [5.41, 5.74) is 2.15. The van der Waals surface area contributed by atoms with Crippen molar-refractivity contribution in [1.29, 1.82) is 0 Å². The van der Waals surface area contributed by atoms with Crippen molar-refractivity contribution in [2.24, 2.45) is 5.41 Å². The van der Waals surface area contributed by atoms with Gasteiger partial charge in [-0.25, -0.2) is 4.39 Å². The van der Waals surface area contributed by atoms with Crippen LogP contribution in [0.4, 0.5) is 10.1 Å². The van der Waals surface area contributed by atoms with Gasteiger partial charge in [-0.05, 0) is 42.5 Å². The summed E-state index contributed by atoms with van der Waals surface area (Å²) >= 11 is 0. The second-order valence-corrected chi connectivity index (χ2v) is 6.37. The first kappa shape index (κ1) is 12.7. The number of aromatic nitrogens is 1. The molecule has 4 heteroatoms. The third kappa shape index (κ3) is 2.09. The standard InChI is InChI=1S/C17H17FN2O/c18-12-1-2-15-14(9-12)16(3-6-19-15)20-7-4-17(5-8-20)10-13(21)11-17/h1-3,6,9H,4-5,7-8,10-11H2. The van der Waals surface area contributed by atoms with Crippen LogP contribution in [0.2, 0.25) is 0 Å². The Kier molecular flexibility index (Phi) is 2.74. The number of ketones is 1. The van der Waals surface area contributed by atoms with Gasteiger partial charge in [-0.2, -0.15) is 0 Å². The molecule has 2 aromatic rings. The molecule has 21 heavy (non-hydrogen) atoms. The highest BCUT2D eigenvalue weighted by atomic mass is 19.1. The Hall–Kier alpha value is -1.97. The van der Waals surface area contributed by atoms with Crippen molar-refractivity contribution >= 4 is 22.4 Å². The zero-order valence-electron chi connectivity index (χ0n) is 11.8. The third-order valence-corrected chi connectivity index (χ3v) is 4.99. The third-order valence-electron chi connectivity index (χ3n) is 4.99. The van der Waals surface area contributed by atoms with Gasteiger partial charge in [-0.15, -0.1) is 0 Å². The van der Waals surface area contributed by atoms with E-state index in [1.54, 1.807) is 18.3 Å². The van der Waals surface area contributed by atoms with E-state index in [0.717, 1.165) is 55.4 Å². The molecule has 1 aromatic carbocycles. The Morgan fingerprint density at radius 2 is 1.90 bits per heavy atom. The summed E-state index contributed by atoms with van der Waals surface area (Å²) in [6.07, 6.45) is 5.40. The van der Waals surface area contributed by atoms with Crippen molar-refractivity contribution in [3.05, 3.63) is 36.3 Å². The first-order chi connectivity index (χ1) is 10.2. The van der Waals surface area contributed by atoms with E-state index < -0.39 is 0 Å². The maximum atomic E-state index is 13.5. The number of rotatable bonds is 1. The van der Waals surface area contributed by atoms with Gasteiger partial charge in [-0.1, -0.05) is 0 Å². The summed E-state index contributed by atoms with van der Waals surface area (Å²) in [7, 11) is 0. The molecule has 4 rings (SSSR count). The van der Waals surface area contributed by atoms with Gasteiger partial charge in [0.1, 0.15) is 11.6 Å². The van der Waals surface area contributed by atoms with Crippen molar-refractivity contribution in [2.45, 2.75) is 25.7 Å². The second kappa shape index (κ2) is 4.52. The summed E-state index contributed by atoms with van der Waals surface area (Å²) in [6, 6.07) is 6.70. The molecular weight excluding hydrogens is 267 g/mol. The number of benzene rings is 1. The van der Waals surface area contributed by atoms with Crippen LogP contribution >= 0.6 is 0 Å². The minimum Gasteiger partial charge on any atom is -0.371 e. The number of carbonyl (C=O) groups is 1. The molecule has 0 amide bonds. The van der Waals surface area contributed by atoms with Crippen LogP contribution in [0.15, 0.2) is 30.5 Å². The molecule has 2 aliphatic rings. The summed E-state index contributed by atoms with van der Waals surface area (Å²) in [6.45, 7) is 1.87. The highest BCUT2D eigenvalue weighted by molar-refractivity contribution is 5.91. The lowest BCUT2D eigenvalue weighted by Crippen LogP contribution is -2.47. The number of hydrogen-bond acceptors (Lipinski definition) is 3. The molecule has 0 atom stereocenters. The highest BCUT2D eigenvalue weighted by Crippen LogP contribution is 2.47. The van der Waals surface area contributed by atoms with Crippen LogP contribution in [0, 0.1) is 11.2 Å². The van der Waals surface area contributed by atoms with Crippen molar-refractivity contribution in [3.63, 3.8) is 0 Å². The van der Waals surface area contributed by atoms with Crippen LogP contribution < -0.4 is 4.90 Å². The van der Waals surface area contributed by atoms with Gasteiger partial charge >= 0.3 is 0 Å². The van der Waals surface area contributed by atoms with E-state index in [0.29, 0.717) is 5.78 Å². The Bertz CT molecular complexity index is 710. The van der Waals surface area contributed by atoms with Crippen molar-refractivity contribution < 1.29 is 9.18 Å². The predicted molar refractivity (Wildman–Crippen MR) is 79.8 cm³/mol. The summed E-state index contributed by atoms with van der Waals surface area (Å²) in [4.78, 5) is 17.9. The van der Waals surface area contributed by atoms with Gasteiger partial charge in [0.05, 0.1) is 5.52 Å². The Morgan fingerprint density at radius 3 is 2.62 bits per heavy atom. The van der Waals surface area contributed by atoms with Crippen LogP contribution in [0.5, 0.6) is 0 Å². The molecule has 0 unspecified atom stereocenters. The molecular formula is C17H17FN2O. The van der Waals surface area contributed by atoms with E-state index in [9.17, 15) is 9.18 Å². The molecule has 2 fully saturated rings. The molecule has 3 nitrogen and oxygen atoms in total. The topological polar surface area (TPSA) is 33.2 Å². The number of carbonyl (C=O) groups excluding carboxylic acids is 1. The van der Waals surface area contributed by atoms with E-state index in [1.165, 1.54) is 6.07 Å². The second-order valence-electron chi connectivity index (χ2n) is 6.37. The van der Waals surface area contributed by atoms with Crippen LogP contribution in [-0.2, 0) is 4.79 Å². The van der Waals surface area contributed by atoms with E-state index in [2.05, 4.69) is 9.88 Å². The van der Waals surface area contributed by atoms with Crippen molar-refractivity contribution in [2.75, 3.05) is 18.0 Å². The lowest BCUT2D eigenvalue weighted by Gasteiger charge is -2.47. The molecule has 2 heterocycles. The van der Waals surface area contributed by atoms with E-state index in [-0.39, 0.29) is 11.2 Å². The van der Waals surface area contributed by atoms with Gasteiger partial charge in [0.15, 0.2) is 0 Å². The number of piperidine rings is 1. The molecule has 1 aromatic heterocycles. The lowest BCUT2D eigenvalue weighted by atomic mass is 9.62. The lowest BCUT2D eigenvalue weighted by molar-refractivity contribution is -0.133. The fourth-order valence-electron chi connectivity index (χ4n) is 3.74. The Morgan fingerprint density at radius 1 is 1.14 bits per heavy atom. The van der Waals surface area contributed by atoms with Gasteiger partial charge in [-0.3, -0.25) is 9.78 Å². The van der Waals surface area contributed by atoms with Gasteiger partial charge in [0, 0.05) is 43.2 Å². The quantitative estimate of drug-likeness (QED) is 0.805. The first-order valence-corrected chi connectivity index (χ1v) is 7.46. The number of pyridine rings is 1. The van der Waals surface area contributed by atoms with E-state index in [4.69, 9.17) is 0 Å². The van der Waals surface area contributed by atoms with Gasteiger partial charge < -0.3 is 4.90 Å². The molecule has 1 aliphatic heterocycles. The normalized spacial score (nSPS) is 20.8. The van der Waals surface area contributed by atoms with Crippen LogP contribution in [0.3, 0.4) is 0 Å². The maximum Gasteiger partial charge on any atom is 0.134 e. The minimum absolute atomic E-state index is 0.227. The maximum absolute atomic E-state index is 13.5. The molecule has 0 radical (unpaired) electrons. The molecule has 1 aliphatic carbocycles. The van der Waals surface area contributed by atoms with Crippen LogP contribution in [0.25, 0.3) is 10.9 Å². The first-order valence-electron chi connectivity index (χ1n) is 7.46. The van der Waals surface area contributed by atoms with E-state index in [1.807, 2.05) is 6.07 Å². The SMILES string of the molecule is O=C1CC2(CCN(c3ccnc4ccc(F)cc34)CC2)C1. The van der Waals surface area contributed by atoms with Crippen molar-refractivity contribution in [3.8, 4) is 0 Å². The summed E-state index contributed by atoms with van der Waals surface area (Å²) in [5, 5.41) is 0.873. The largest absolute Gasteiger partial charge is 0.371 e. The fourth-order valence-corrected chi connectivity index (χ4v) is 3.74. The number of halogens is 1. The number of fused-ring (bicyclic) bond motifs is 1. The number of nitrogens with zero attached hydrogens (tertiary/aromatic N) is 2.